The highest BCUT2D eigenvalue weighted by Crippen LogP contribution is 2.15. The third-order valence-electron chi connectivity index (χ3n) is 3.25. The van der Waals surface area contributed by atoms with E-state index in [2.05, 4.69) is 34.3 Å². The van der Waals surface area contributed by atoms with Gasteiger partial charge < -0.3 is 15.8 Å². The first-order valence-corrected chi connectivity index (χ1v) is 8.15. The Kier molecular flexibility index (Phi) is 5.79. The lowest BCUT2D eigenvalue weighted by Gasteiger charge is -2.20. The molecule has 5 heteroatoms. The third-order valence-corrected chi connectivity index (χ3v) is 3.25. The van der Waals surface area contributed by atoms with Crippen LogP contribution in [0.3, 0.4) is 0 Å². The van der Waals surface area contributed by atoms with Gasteiger partial charge in [0.2, 0.25) is 5.88 Å². The van der Waals surface area contributed by atoms with Crippen LogP contribution in [0, 0.1) is 0 Å². The fraction of sp³-hybridized carbons (Fsp3) is 0.368. The first kappa shape index (κ1) is 17.8. The van der Waals surface area contributed by atoms with Crippen molar-refractivity contribution in [2.24, 2.45) is 10.7 Å². The van der Waals surface area contributed by atoms with E-state index in [1.165, 1.54) is 5.56 Å². The van der Waals surface area contributed by atoms with Crippen LogP contribution in [0.4, 0.5) is 5.69 Å². The summed E-state index contributed by atoms with van der Waals surface area (Å²) in [5.41, 5.74) is 8.87. The number of hydrogen-bond acceptors (Lipinski definition) is 3. The van der Waals surface area contributed by atoms with E-state index in [-0.39, 0.29) is 5.60 Å². The zero-order valence-corrected chi connectivity index (χ0v) is 14.8. The lowest BCUT2D eigenvalue weighted by molar-refractivity contribution is 0.124. The van der Waals surface area contributed by atoms with Crippen LogP contribution < -0.4 is 15.8 Å². The number of guanidine groups is 1. The maximum absolute atomic E-state index is 5.95. The van der Waals surface area contributed by atoms with Crippen LogP contribution in [0.15, 0.2) is 47.6 Å². The fourth-order valence-electron chi connectivity index (χ4n) is 2.11. The van der Waals surface area contributed by atoms with Gasteiger partial charge in [-0.3, -0.25) is 0 Å². The highest BCUT2D eigenvalue weighted by atomic mass is 16.5. The number of nitrogens with one attached hydrogen (secondary N) is 1. The molecular formula is C19H26N4O. The van der Waals surface area contributed by atoms with Crippen molar-refractivity contribution < 1.29 is 4.74 Å². The summed E-state index contributed by atoms with van der Waals surface area (Å²) in [6, 6.07) is 11.9. The molecule has 24 heavy (non-hydrogen) atoms. The summed E-state index contributed by atoms with van der Waals surface area (Å²) in [7, 11) is 0. The Morgan fingerprint density at radius 2 is 2.00 bits per heavy atom. The number of nitrogens with two attached hydrogens (primary N) is 1. The van der Waals surface area contributed by atoms with E-state index in [9.17, 15) is 0 Å². The molecule has 1 aromatic carbocycles. The Hall–Kier alpha value is -2.56. The third kappa shape index (κ3) is 5.91. The van der Waals surface area contributed by atoms with Crippen LogP contribution in [0.25, 0.3) is 0 Å². The van der Waals surface area contributed by atoms with E-state index in [4.69, 9.17) is 10.5 Å². The molecule has 0 fully saturated rings. The van der Waals surface area contributed by atoms with Gasteiger partial charge in [0, 0.05) is 18.0 Å². The van der Waals surface area contributed by atoms with Crippen molar-refractivity contribution in [2.45, 2.75) is 46.3 Å². The number of aromatic nitrogens is 1. The van der Waals surface area contributed by atoms with Crippen molar-refractivity contribution in [2.75, 3.05) is 5.32 Å². The second-order valence-corrected chi connectivity index (χ2v) is 6.60. The van der Waals surface area contributed by atoms with Crippen LogP contribution in [0.1, 0.15) is 38.8 Å². The molecule has 128 valence electrons. The minimum atomic E-state index is -0.256. The SMILES string of the molecule is CCc1cccc(NC(N)=NCc2ccc(OC(C)(C)C)nc2)c1. The number of hydrogen-bond donors (Lipinski definition) is 2. The summed E-state index contributed by atoms with van der Waals surface area (Å²) < 4.78 is 5.70. The van der Waals surface area contributed by atoms with Crippen molar-refractivity contribution in [3.63, 3.8) is 0 Å². The largest absolute Gasteiger partial charge is 0.472 e. The van der Waals surface area contributed by atoms with Crippen molar-refractivity contribution in [3.05, 3.63) is 53.7 Å². The number of pyridine rings is 1. The van der Waals surface area contributed by atoms with E-state index in [1.54, 1.807) is 6.20 Å². The second kappa shape index (κ2) is 7.81. The van der Waals surface area contributed by atoms with Gasteiger partial charge >= 0.3 is 0 Å². The Bertz CT molecular complexity index is 687. The standard InChI is InChI=1S/C19H26N4O/c1-5-14-7-6-8-16(11-14)23-18(20)22-13-15-9-10-17(21-12-15)24-19(2,3)4/h6-12H,5,13H2,1-4H3,(H3,20,22,23). The predicted octanol–water partition coefficient (Wildman–Crippen LogP) is 3.75. The van der Waals surface area contributed by atoms with Gasteiger partial charge in [-0.15, -0.1) is 0 Å². The van der Waals surface area contributed by atoms with Gasteiger partial charge in [0.1, 0.15) is 5.60 Å². The molecule has 0 atom stereocenters. The highest BCUT2D eigenvalue weighted by Gasteiger charge is 2.12. The molecule has 0 aliphatic rings. The summed E-state index contributed by atoms with van der Waals surface area (Å²) in [5, 5.41) is 3.11. The molecule has 0 aliphatic heterocycles. The molecular weight excluding hydrogens is 300 g/mol. The maximum atomic E-state index is 5.95. The molecule has 2 aromatic rings. The summed E-state index contributed by atoms with van der Waals surface area (Å²) in [5.74, 6) is 0.996. The Labute approximate surface area is 144 Å². The van der Waals surface area contributed by atoms with Gasteiger partial charge in [0.25, 0.3) is 0 Å². The topological polar surface area (TPSA) is 72.5 Å². The monoisotopic (exact) mass is 326 g/mol. The van der Waals surface area contributed by atoms with Crippen molar-refractivity contribution in [1.29, 1.82) is 0 Å². The molecule has 0 radical (unpaired) electrons. The summed E-state index contributed by atoms with van der Waals surface area (Å²) in [4.78, 5) is 8.65. The minimum Gasteiger partial charge on any atom is -0.472 e. The average molecular weight is 326 g/mol. The Morgan fingerprint density at radius 1 is 1.21 bits per heavy atom. The van der Waals surface area contributed by atoms with E-state index in [1.807, 2.05) is 45.0 Å². The lowest BCUT2D eigenvalue weighted by Crippen LogP contribution is -2.23. The van der Waals surface area contributed by atoms with Gasteiger partial charge in [-0.1, -0.05) is 25.1 Å². The molecule has 1 heterocycles. The van der Waals surface area contributed by atoms with Crippen LogP contribution in [0.5, 0.6) is 5.88 Å². The van der Waals surface area contributed by atoms with E-state index >= 15 is 0 Å². The molecule has 0 spiro atoms. The van der Waals surface area contributed by atoms with Gasteiger partial charge in [0.05, 0.1) is 6.54 Å². The molecule has 0 amide bonds. The van der Waals surface area contributed by atoms with Crippen LogP contribution in [-0.4, -0.2) is 16.5 Å². The zero-order valence-electron chi connectivity index (χ0n) is 14.8. The maximum Gasteiger partial charge on any atom is 0.213 e. The minimum absolute atomic E-state index is 0.256. The zero-order chi connectivity index (χ0) is 17.6. The molecule has 0 saturated carbocycles. The van der Waals surface area contributed by atoms with Crippen molar-refractivity contribution in [3.8, 4) is 5.88 Å². The number of aryl methyl sites for hydroxylation is 1. The van der Waals surface area contributed by atoms with Crippen LogP contribution in [-0.2, 0) is 13.0 Å². The molecule has 0 unspecified atom stereocenters. The van der Waals surface area contributed by atoms with E-state index < -0.39 is 0 Å². The lowest BCUT2D eigenvalue weighted by atomic mass is 10.1. The van der Waals surface area contributed by atoms with Gasteiger partial charge in [-0.2, -0.15) is 0 Å². The summed E-state index contributed by atoms with van der Waals surface area (Å²) in [6.07, 6.45) is 2.75. The number of nitrogens with zero attached hydrogens (tertiary/aromatic N) is 2. The van der Waals surface area contributed by atoms with E-state index in [0.717, 1.165) is 17.7 Å². The molecule has 0 aliphatic carbocycles. The number of ether oxygens (including phenoxy) is 1. The summed E-state index contributed by atoms with van der Waals surface area (Å²) >= 11 is 0. The Balaban J connectivity index is 1.94. The first-order chi connectivity index (χ1) is 11.4. The number of benzene rings is 1. The molecule has 3 N–H and O–H groups in total. The van der Waals surface area contributed by atoms with Gasteiger partial charge in [-0.05, 0) is 50.5 Å². The number of aliphatic imine (C=N–C) groups is 1. The van der Waals surface area contributed by atoms with Crippen molar-refractivity contribution in [1.82, 2.24) is 4.98 Å². The van der Waals surface area contributed by atoms with Crippen LogP contribution >= 0.6 is 0 Å². The Morgan fingerprint density at radius 3 is 2.62 bits per heavy atom. The normalized spacial score (nSPS) is 12.1. The molecule has 0 saturated heterocycles. The molecule has 5 nitrogen and oxygen atoms in total. The number of anilines is 1. The molecule has 1 aromatic heterocycles. The second-order valence-electron chi connectivity index (χ2n) is 6.60. The average Bonchev–Trinajstić information content (AvgIpc) is 2.53. The first-order valence-electron chi connectivity index (χ1n) is 8.15. The predicted molar refractivity (Wildman–Crippen MR) is 99.4 cm³/mol. The highest BCUT2D eigenvalue weighted by molar-refractivity contribution is 5.92. The summed E-state index contributed by atoms with van der Waals surface area (Å²) in [6.45, 7) is 8.57. The number of rotatable bonds is 5. The fourth-order valence-corrected chi connectivity index (χ4v) is 2.11. The van der Waals surface area contributed by atoms with Crippen molar-refractivity contribution >= 4 is 11.6 Å². The smallest absolute Gasteiger partial charge is 0.213 e. The van der Waals surface area contributed by atoms with E-state index in [0.29, 0.717) is 18.4 Å². The van der Waals surface area contributed by atoms with Crippen LogP contribution in [0.2, 0.25) is 0 Å². The van der Waals surface area contributed by atoms with Gasteiger partial charge in [0.15, 0.2) is 5.96 Å². The molecule has 2 rings (SSSR count). The van der Waals surface area contributed by atoms with Gasteiger partial charge in [-0.25, -0.2) is 9.98 Å². The molecule has 0 bridgehead atoms. The quantitative estimate of drug-likeness (QED) is 0.648.